The van der Waals surface area contributed by atoms with Gasteiger partial charge in [0.05, 0.1) is 0 Å². The molecule has 0 amide bonds. The number of nitrogens with one attached hydrogen (secondary N) is 1. The van der Waals surface area contributed by atoms with Gasteiger partial charge in [-0.1, -0.05) is 19.4 Å². The highest BCUT2D eigenvalue weighted by Gasteiger charge is 2.16. The molecule has 23 heavy (non-hydrogen) atoms. The standard InChI is InChI=1S/C19H34N4/c1-3-4-12-22(2)13-6-10-21-11-15-23-14-5-7-17-8-9-18(20)16-19(17)23/h8-9,16,21H,3-7,10-15,20H2,1-2H3. The van der Waals surface area contributed by atoms with Gasteiger partial charge < -0.3 is 20.9 Å². The zero-order valence-electron chi connectivity index (χ0n) is 15.0. The van der Waals surface area contributed by atoms with Crippen molar-refractivity contribution in [3.05, 3.63) is 23.8 Å². The van der Waals surface area contributed by atoms with E-state index in [-0.39, 0.29) is 0 Å². The van der Waals surface area contributed by atoms with Gasteiger partial charge in [-0.25, -0.2) is 0 Å². The van der Waals surface area contributed by atoms with Crippen LogP contribution in [-0.4, -0.2) is 51.2 Å². The van der Waals surface area contributed by atoms with E-state index in [9.17, 15) is 0 Å². The molecule has 0 saturated carbocycles. The van der Waals surface area contributed by atoms with Gasteiger partial charge in [0.15, 0.2) is 0 Å². The Kier molecular flexibility index (Phi) is 7.69. The van der Waals surface area contributed by atoms with Crippen LogP contribution in [0.4, 0.5) is 11.4 Å². The number of hydrogen-bond acceptors (Lipinski definition) is 4. The molecule has 0 aliphatic carbocycles. The molecule has 0 bridgehead atoms. The second-order valence-electron chi connectivity index (χ2n) is 6.74. The molecule has 0 atom stereocenters. The Hall–Kier alpha value is -1.26. The highest BCUT2D eigenvalue weighted by Crippen LogP contribution is 2.28. The summed E-state index contributed by atoms with van der Waals surface area (Å²) in [7, 11) is 2.23. The summed E-state index contributed by atoms with van der Waals surface area (Å²) in [5, 5.41) is 3.59. The number of nitrogens with zero attached hydrogens (tertiary/aromatic N) is 2. The molecule has 0 radical (unpaired) electrons. The minimum atomic E-state index is 0.874. The number of fused-ring (bicyclic) bond motifs is 1. The largest absolute Gasteiger partial charge is 0.399 e. The first-order chi connectivity index (χ1) is 11.2. The van der Waals surface area contributed by atoms with Crippen molar-refractivity contribution in [2.24, 2.45) is 0 Å². The van der Waals surface area contributed by atoms with Crippen LogP contribution in [-0.2, 0) is 6.42 Å². The third kappa shape index (κ3) is 6.04. The molecule has 0 saturated heterocycles. The van der Waals surface area contributed by atoms with Crippen LogP contribution >= 0.6 is 0 Å². The number of aryl methyl sites for hydroxylation is 1. The molecule has 0 fully saturated rings. The minimum absolute atomic E-state index is 0.874. The topological polar surface area (TPSA) is 44.5 Å². The molecule has 1 aliphatic heterocycles. The van der Waals surface area contributed by atoms with Crippen LogP contribution in [0.15, 0.2) is 18.2 Å². The molecular weight excluding hydrogens is 284 g/mol. The lowest BCUT2D eigenvalue weighted by atomic mass is 10.0. The molecule has 0 unspecified atom stereocenters. The van der Waals surface area contributed by atoms with Crippen molar-refractivity contribution in [2.45, 2.75) is 39.0 Å². The van der Waals surface area contributed by atoms with Gasteiger partial charge in [0.2, 0.25) is 0 Å². The van der Waals surface area contributed by atoms with Crippen LogP contribution < -0.4 is 16.0 Å². The number of nitrogen functional groups attached to an aromatic ring is 1. The van der Waals surface area contributed by atoms with E-state index >= 15 is 0 Å². The van der Waals surface area contributed by atoms with Gasteiger partial charge in [0, 0.05) is 31.0 Å². The van der Waals surface area contributed by atoms with Gasteiger partial charge in [-0.3, -0.25) is 0 Å². The lowest BCUT2D eigenvalue weighted by Gasteiger charge is -2.31. The Morgan fingerprint density at radius 3 is 2.87 bits per heavy atom. The highest BCUT2D eigenvalue weighted by atomic mass is 15.2. The van der Waals surface area contributed by atoms with Crippen molar-refractivity contribution in [2.75, 3.05) is 56.9 Å². The number of benzene rings is 1. The monoisotopic (exact) mass is 318 g/mol. The first-order valence-electron chi connectivity index (χ1n) is 9.23. The third-order valence-electron chi connectivity index (χ3n) is 4.67. The lowest BCUT2D eigenvalue weighted by Crippen LogP contribution is -2.36. The number of nitrogens with two attached hydrogens (primary N) is 1. The summed E-state index contributed by atoms with van der Waals surface area (Å²) in [6.07, 6.45) is 6.25. The molecule has 1 aromatic carbocycles. The van der Waals surface area contributed by atoms with Gasteiger partial charge in [-0.05, 0) is 70.1 Å². The molecule has 2 rings (SSSR count). The highest BCUT2D eigenvalue weighted by molar-refractivity contribution is 5.62. The number of rotatable bonds is 10. The second-order valence-corrected chi connectivity index (χ2v) is 6.74. The molecule has 130 valence electrons. The predicted octanol–water partition coefficient (Wildman–Crippen LogP) is 2.73. The molecule has 3 N–H and O–H groups in total. The van der Waals surface area contributed by atoms with Crippen LogP contribution in [0, 0.1) is 0 Å². The fourth-order valence-corrected chi connectivity index (χ4v) is 3.25. The van der Waals surface area contributed by atoms with Crippen LogP contribution in [0.2, 0.25) is 0 Å². The zero-order chi connectivity index (χ0) is 16.5. The van der Waals surface area contributed by atoms with Gasteiger partial charge in [-0.15, -0.1) is 0 Å². The predicted molar refractivity (Wildman–Crippen MR) is 101 cm³/mol. The molecule has 1 aromatic rings. The van der Waals surface area contributed by atoms with Gasteiger partial charge in [0.1, 0.15) is 0 Å². The minimum Gasteiger partial charge on any atom is -0.399 e. The van der Waals surface area contributed by atoms with Gasteiger partial charge >= 0.3 is 0 Å². The number of anilines is 2. The van der Waals surface area contributed by atoms with E-state index in [1.54, 1.807) is 0 Å². The van der Waals surface area contributed by atoms with E-state index in [2.05, 4.69) is 41.2 Å². The molecule has 1 heterocycles. The average Bonchev–Trinajstić information content (AvgIpc) is 2.56. The summed E-state index contributed by atoms with van der Waals surface area (Å²) < 4.78 is 0. The first kappa shape index (κ1) is 18.1. The van der Waals surface area contributed by atoms with Crippen molar-refractivity contribution in [1.82, 2.24) is 10.2 Å². The summed E-state index contributed by atoms with van der Waals surface area (Å²) in [5.74, 6) is 0. The van der Waals surface area contributed by atoms with Crippen LogP contribution in [0.1, 0.15) is 38.2 Å². The molecular formula is C19H34N4. The van der Waals surface area contributed by atoms with E-state index in [0.29, 0.717) is 0 Å². The number of hydrogen-bond donors (Lipinski definition) is 2. The van der Waals surface area contributed by atoms with E-state index in [0.717, 1.165) is 31.9 Å². The van der Waals surface area contributed by atoms with Gasteiger partial charge in [-0.2, -0.15) is 0 Å². The Morgan fingerprint density at radius 2 is 2.04 bits per heavy atom. The van der Waals surface area contributed by atoms with E-state index < -0.39 is 0 Å². The fourth-order valence-electron chi connectivity index (χ4n) is 3.25. The van der Waals surface area contributed by atoms with Crippen LogP contribution in [0.3, 0.4) is 0 Å². The quantitative estimate of drug-likeness (QED) is 0.514. The molecule has 1 aliphatic rings. The SMILES string of the molecule is CCCCN(C)CCCNCCN1CCCc2ccc(N)cc21. The summed E-state index contributed by atoms with van der Waals surface area (Å²) in [4.78, 5) is 4.92. The molecule has 0 aromatic heterocycles. The Labute approximate surface area is 142 Å². The zero-order valence-corrected chi connectivity index (χ0v) is 15.0. The Balaban J connectivity index is 1.63. The second kappa shape index (κ2) is 9.78. The van der Waals surface area contributed by atoms with Crippen molar-refractivity contribution in [3.63, 3.8) is 0 Å². The maximum absolute atomic E-state index is 5.95. The Bertz CT molecular complexity index is 461. The van der Waals surface area contributed by atoms with Crippen molar-refractivity contribution < 1.29 is 0 Å². The summed E-state index contributed by atoms with van der Waals surface area (Å²) >= 11 is 0. The van der Waals surface area contributed by atoms with Crippen LogP contribution in [0.25, 0.3) is 0 Å². The average molecular weight is 319 g/mol. The molecule has 0 spiro atoms. The smallest absolute Gasteiger partial charge is 0.0419 e. The normalized spacial score (nSPS) is 14.3. The summed E-state index contributed by atoms with van der Waals surface area (Å²) in [5.41, 5.74) is 9.62. The van der Waals surface area contributed by atoms with Crippen LogP contribution in [0.5, 0.6) is 0 Å². The molecule has 4 heteroatoms. The van der Waals surface area contributed by atoms with E-state index in [1.807, 2.05) is 6.07 Å². The first-order valence-corrected chi connectivity index (χ1v) is 9.23. The maximum atomic E-state index is 5.95. The van der Waals surface area contributed by atoms with Gasteiger partial charge in [0.25, 0.3) is 0 Å². The molecule has 4 nitrogen and oxygen atoms in total. The van der Waals surface area contributed by atoms with E-state index in [4.69, 9.17) is 5.73 Å². The lowest BCUT2D eigenvalue weighted by molar-refractivity contribution is 0.321. The fraction of sp³-hybridized carbons (Fsp3) is 0.684. The van der Waals surface area contributed by atoms with Crippen molar-refractivity contribution >= 4 is 11.4 Å². The van der Waals surface area contributed by atoms with Crippen molar-refractivity contribution in [1.29, 1.82) is 0 Å². The third-order valence-corrected chi connectivity index (χ3v) is 4.67. The van der Waals surface area contributed by atoms with Crippen molar-refractivity contribution in [3.8, 4) is 0 Å². The summed E-state index contributed by atoms with van der Waals surface area (Å²) in [6, 6.07) is 6.35. The Morgan fingerprint density at radius 1 is 1.22 bits per heavy atom. The van der Waals surface area contributed by atoms with E-state index in [1.165, 1.54) is 56.4 Å². The summed E-state index contributed by atoms with van der Waals surface area (Å²) in [6.45, 7) is 9.04. The maximum Gasteiger partial charge on any atom is 0.0419 e. The number of unbranched alkanes of at least 4 members (excludes halogenated alkanes) is 1.